The summed E-state index contributed by atoms with van der Waals surface area (Å²) in [4.78, 5) is 2.28. The Morgan fingerprint density at radius 2 is 2.26 bits per heavy atom. The topological polar surface area (TPSA) is 35.8 Å². The van der Waals surface area contributed by atoms with Crippen LogP contribution in [0.3, 0.4) is 0 Å². The quantitative estimate of drug-likeness (QED) is 0.759. The van der Waals surface area contributed by atoms with Gasteiger partial charge in [-0.05, 0) is 45.3 Å². The van der Waals surface area contributed by atoms with Gasteiger partial charge in [-0.15, -0.1) is 23.1 Å². The lowest BCUT2D eigenvalue weighted by Gasteiger charge is -2.10. The van der Waals surface area contributed by atoms with Crippen LogP contribution in [0.4, 0.5) is 5.69 Å². The Labute approximate surface area is 130 Å². The Bertz CT molecular complexity index is 602. The molecule has 0 radical (unpaired) electrons. The summed E-state index contributed by atoms with van der Waals surface area (Å²) in [5, 5.41) is 14.7. The van der Waals surface area contributed by atoms with Gasteiger partial charge in [0.15, 0.2) is 0 Å². The second-order valence-corrected chi connectivity index (χ2v) is 6.93. The van der Waals surface area contributed by atoms with E-state index >= 15 is 0 Å². The van der Waals surface area contributed by atoms with E-state index in [1.54, 1.807) is 23.1 Å². The van der Waals surface area contributed by atoms with Crippen molar-refractivity contribution < 1.29 is 0 Å². The van der Waals surface area contributed by atoms with Crippen molar-refractivity contribution in [3.8, 4) is 6.07 Å². The second kappa shape index (κ2) is 6.99. The summed E-state index contributed by atoms with van der Waals surface area (Å²) in [6, 6.07) is 10.3. The lowest BCUT2D eigenvalue weighted by atomic mass is 10.2. The van der Waals surface area contributed by atoms with E-state index in [0.717, 1.165) is 32.9 Å². The number of anilines is 1. The predicted molar refractivity (Wildman–Crippen MR) is 86.9 cm³/mol. The second-order valence-electron chi connectivity index (χ2n) is 3.77. The van der Waals surface area contributed by atoms with Gasteiger partial charge in [0.05, 0.1) is 17.8 Å². The molecule has 5 heteroatoms. The molecule has 0 bridgehead atoms. The molecule has 1 heterocycles. The van der Waals surface area contributed by atoms with Crippen LogP contribution in [0.5, 0.6) is 0 Å². The van der Waals surface area contributed by atoms with Crippen LogP contribution in [-0.4, -0.2) is 5.75 Å². The molecule has 1 aromatic carbocycles. The van der Waals surface area contributed by atoms with Crippen molar-refractivity contribution >= 4 is 44.7 Å². The fraction of sp³-hybridized carbons (Fsp3) is 0.214. The van der Waals surface area contributed by atoms with Gasteiger partial charge in [-0.2, -0.15) is 5.26 Å². The lowest BCUT2D eigenvalue weighted by molar-refractivity contribution is 1.17. The molecule has 0 spiro atoms. The maximum absolute atomic E-state index is 9.33. The van der Waals surface area contributed by atoms with Crippen LogP contribution in [0.15, 0.2) is 39.0 Å². The van der Waals surface area contributed by atoms with Crippen molar-refractivity contribution in [3.05, 3.63) is 44.6 Å². The molecule has 0 saturated carbocycles. The van der Waals surface area contributed by atoms with Crippen LogP contribution in [-0.2, 0) is 6.54 Å². The third-order valence-corrected chi connectivity index (χ3v) is 5.43. The van der Waals surface area contributed by atoms with Gasteiger partial charge in [-0.1, -0.05) is 13.0 Å². The maximum Gasteiger partial charge on any atom is 0.102 e. The molecule has 2 aromatic rings. The highest BCUT2D eigenvalue weighted by molar-refractivity contribution is 9.10. The number of nitrogens with zero attached hydrogens (tertiary/aromatic N) is 1. The lowest BCUT2D eigenvalue weighted by Crippen LogP contribution is -2.01. The predicted octanol–water partition coefficient (Wildman–Crippen LogP) is 5.11. The Balaban J connectivity index is 2.18. The van der Waals surface area contributed by atoms with Gasteiger partial charge in [-0.25, -0.2) is 0 Å². The molecule has 1 N–H and O–H groups in total. The van der Waals surface area contributed by atoms with Gasteiger partial charge in [0.25, 0.3) is 0 Å². The van der Waals surface area contributed by atoms with E-state index in [0.29, 0.717) is 0 Å². The summed E-state index contributed by atoms with van der Waals surface area (Å²) in [5.74, 6) is 0.967. The monoisotopic (exact) mass is 352 g/mol. The third-order valence-electron chi connectivity index (χ3n) is 2.57. The minimum absolute atomic E-state index is 0.729. The molecule has 0 saturated heterocycles. The molecule has 0 aliphatic carbocycles. The number of nitrogens with one attached hydrogen (secondary N) is 1. The summed E-state index contributed by atoms with van der Waals surface area (Å²) >= 11 is 6.91. The molecule has 0 aliphatic heterocycles. The van der Waals surface area contributed by atoms with Crippen LogP contribution in [0.1, 0.15) is 17.4 Å². The summed E-state index contributed by atoms with van der Waals surface area (Å²) in [7, 11) is 0. The molecule has 0 aliphatic rings. The number of benzene rings is 1. The zero-order valence-electron chi connectivity index (χ0n) is 10.4. The highest BCUT2D eigenvalue weighted by Crippen LogP contribution is 2.29. The average molecular weight is 353 g/mol. The average Bonchev–Trinajstić information content (AvgIpc) is 2.82. The number of halogens is 1. The molecule has 98 valence electrons. The van der Waals surface area contributed by atoms with Gasteiger partial charge in [0.2, 0.25) is 0 Å². The Kier molecular flexibility index (Phi) is 5.32. The third kappa shape index (κ3) is 3.53. The highest BCUT2D eigenvalue weighted by Gasteiger charge is 2.08. The van der Waals surface area contributed by atoms with Crippen LogP contribution in [0.2, 0.25) is 0 Å². The zero-order chi connectivity index (χ0) is 13.7. The zero-order valence-corrected chi connectivity index (χ0v) is 13.7. The fourth-order valence-corrected chi connectivity index (χ4v) is 3.91. The van der Waals surface area contributed by atoms with Crippen molar-refractivity contribution in [2.45, 2.75) is 18.4 Å². The number of thioether (sulfide) groups is 1. The molecule has 2 nitrogen and oxygen atoms in total. The molecular weight excluding hydrogens is 340 g/mol. The normalized spacial score (nSPS) is 10.2. The summed E-state index contributed by atoms with van der Waals surface area (Å²) in [6.07, 6.45) is 0. The number of hydrogen-bond donors (Lipinski definition) is 1. The first kappa shape index (κ1) is 14.4. The number of thiophene rings is 1. The van der Waals surface area contributed by atoms with E-state index in [1.165, 1.54) is 4.88 Å². The number of rotatable bonds is 5. The van der Waals surface area contributed by atoms with Gasteiger partial charge in [-0.3, -0.25) is 0 Å². The maximum atomic E-state index is 9.33. The van der Waals surface area contributed by atoms with Crippen molar-refractivity contribution in [1.29, 1.82) is 5.26 Å². The van der Waals surface area contributed by atoms with Crippen LogP contribution >= 0.6 is 39.0 Å². The summed E-state index contributed by atoms with van der Waals surface area (Å²) in [5.41, 5.74) is 1.64. The van der Waals surface area contributed by atoms with E-state index in [4.69, 9.17) is 0 Å². The highest BCUT2D eigenvalue weighted by atomic mass is 79.9. The standard InChI is InChI=1S/C14H13BrN2S2/c1-2-18-13-5-3-4-12(10(13)8-16)17-9-14-11(15)6-7-19-14/h3-7,17H,2,9H2,1H3. The van der Waals surface area contributed by atoms with E-state index < -0.39 is 0 Å². The molecule has 0 amide bonds. The van der Waals surface area contributed by atoms with Gasteiger partial charge in [0, 0.05) is 14.2 Å². The van der Waals surface area contributed by atoms with Crippen molar-refractivity contribution in [2.24, 2.45) is 0 Å². The first-order valence-electron chi connectivity index (χ1n) is 5.88. The Morgan fingerprint density at radius 1 is 1.42 bits per heavy atom. The summed E-state index contributed by atoms with van der Waals surface area (Å²) in [6.45, 7) is 2.82. The number of hydrogen-bond acceptors (Lipinski definition) is 4. The van der Waals surface area contributed by atoms with Crippen LogP contribution < -0.4 is 5.32 Å². The molecule has 2 rings (SSSR count). The van der Waals surface area contributed by atoms with Crippen LogP contribution in [0, 0.1) is 11.3 Å². The van der Waals surface area contributed by atoms with Gasteiger partial charge < -0.3 is 5.32 Å². The SMILES string of the molecule is CCSc1cccc(NCc2sccc2Br)c1C#N. The van der Waals surface area contributed by atoms with Crippen molar-refractivity contribution in [3.63, 3.8) is 0 Å². The molecule has 0 fully saturated rings. The Hall–Kier alpha value is -0.960. The first-order valence-corrected chi connectivity index (χ1v) is 8.53. The van der Waals surface area contributed by atoms with E-state index in [2.05, 4.69) is 39.6 Å². The smallest absolute Gasteiger partial charge is 0.102 e. The first-order chi connectivity index (χ1) is 9.26. The Morgan fingerprint density at radius 3 is 2.89 bits per heavy atom. The molecule has 0 atom stereocenters. The summed E-state index contributed by atoms with van der Waals surface area (Å²) < 4.78 is 1.11. The van der Waals surface area contributed by atoms with Gasteiger partial charge >= 0.3 is 0 Å². The van der Waals surface area contributed by atoms with Crippen molar-refractivity contribution in [1.82, 2.24) is 0 Å². The van der Waals surface area contributed by atoms with E-state index in [1.807, 2.05) is 24.3 Å². The fourth-order valence-electron chi connectivity index (χ4n) is 1.70. The minimum Gasteiger partial charge on any atom is -0.379 e. The molecule has 19 heavy (non-hydrogen) atoms. The number of nitriles is 1. The molecular formula is C14H13BrN2S2. The minimum atomic E-state index is 0.729. The van der Waals surface area contributed by atoms with E-state index in [9.17, 15) is 5.26 Å². The van der Waals surface area contributed by atoms with Crippen LogP contribution in [0.25, 0.3) is 0 Å². The molecule has 1 aromatic heterocycles. The molecule has 0 unspecified atom stereocenters. The van der Waals surface area contributed by atoms with Crippen molar-refractivity contribution in [2.75, 3.05) is 11.1 Å². The largest absolute Gasteiger partial charge is 0.379 e. The van der Waals surface area contributed by atoms with Gasteiger partial charge in [0.1, 0.15) is 6.07 Å². The van der Waals surface area contributed by atoms with E-state index in [-0.39, 0.29) is 0 Å².